The van der Waals surface area contributed by atoms with Gasteiger partial charge in [0, 0.05) is 23.6 Å². The molecule has 0 aliphatic heterocycles. The van der Waals surface area contributed by atoms with Gasteiger partial charge >= 0.3 is 0 Å². The summed E-state index contributed by atoms with van der Waals surface area (Å²) in [7, 11) is 1.76. The van der Waals surface area contributed by atoms with E-state index < -0.39 is 6.10 Å². The molecule has 1 aromatic rings. The Morgan fingerprint density at radius 2 is 2.05 bits per heavy atom. The van der Waals surface area contributed by atoms with Crippen LogP contribution in [-0.4, -0.2) is 24.4 Å². The van der Waals surface area contributed by atoms with Gasteiger partial charge in [-0.3, -0.25) is 0 Å². The minimum atomic E-state index is -0.523. The van der Waals surface area contributed by atoms with E-state index in [4.69, 9.17) is 9.47 Å². The molecule has 0 bridgehead atoms. The number of methoxy groups -OCH3 is 1. The third-order valence-electron chi connectivity index (χ3n) is 3.63. The van der Waals surface area contributed by atoms with Crippen molar-refractivity contribution >= 4 is 15.9 Å². The minimum absolute atomic E-state index is 0.172. The van der Waals surface area contributed by atoms with Crippen LogP contribution in [0.4, 0.5) is 0 Å². The lowest BCUT2D eigenvalue weighted by atomic mass is 9.94. The summed E-state index contributed by atoms with van der Waals surface area (Å²) in [6.45, 7) is 1.76. The number of benzene rings is 1. The summed E-state index contributed by atoms with van der Waals surface area (Å²) in [6, 6.07) is 5.76. The van der Waals surface area contributed by atoms with Crippen LogP contribution < -0.4 is 4.74 Å². The van der Waals surface area contributed by atoms with Crippen LogP contribution in [0.3, 0.4) is 0 Å². The van der Waals surface area contributed by atoms with Crippen molar-refractivity contribution in [3.63, 3.8) is 0 Å². The molecule has 0 radical (unpaired) electrons. The van der Waals surface area contributed by atoms with Crippen LogP contribution in [-0.2, 0) is 4.74 Å². The van der Waals surface area contributed by atoms with E-state index in [1.165, 1.54) is 0 Å². The fraction of sp³-hybridized carbons (Fsp3) is 0.600. The van der Waals surface area contributed by atoms with Crippen LogP contribution in [0.1, 0.15) is 44.3 Å². The summed E-state index contributed by atoms with van der Waals surface area (Å²) < 4.78 is 12.5. The van der Waals surface area contributed by atoms with Crippen molar-refractivity contribution in [2.45, 2.75) is 50.9 Å². The largest absolute Gasteiger partial charge is 0.490 e. The van der Waals surface area contributed by atoms with Gasteiger partial charge < -0.3 is 14.6 Å². The lowest BCUT2D eigenvalue weighted by molar-refractivity contribution is 0.0199. The van der Waals surface area contributed by atoms with E-state index in [0.29, 0.717) is 6.10 Å². The van der Waals surface area contributed by atoms with E-state index in [1.54, 1.807) is 14.0 Å². The molecule has 0 heterocycles. The number of hydrogen-bond acceptors (Lipinski definition) is 3. The highest BCUT2D eigenvalue weighted by molar-refractivity contribution is 9.10. The summed E-state index contributed by atoms with van der Waals surface area (Å²) in [5.41, 5.74) is 0.836. The molecule has 0 aromatic heterocycles. The maximum Gasteiger partial charge on any atom is 0.126 e. The molecule has 2 unspecified atom stereocenters. The molecule has 0 saturated heterocycles. The van der Waals surface area contributed by atoms with E-state index in [0.717, 1.165) is 41.5 Å². The third kappa shape index (κ3) is 3.94. The molecule has 1 aromatic carbocycles. The van der Waals surface area contributed by atoms with Gasteiger partial charge in [-0.25, -0.2) is 0 Å². The average Bonchev–Trinajstić information content (AvgIpc) is 2.38. The molecule has 1 aliphatic carbocycles. The summed E-state index contributed by atoms with van der Waals surface area (Å²) in [5.74, 6) is 0.770. The molecule has 0 amide bonds. The van der Waals surface area contributed by atoms with Gasteiger partial charge in [0.1, 0.15) is 11.9 Å². The van der Waals surface area contributed by atoms with Crippen molar-refractivity contribution < 1.29 is 14.6 Å². The highest BCUT2D eigenvalue weighted by atomic mass is 79.9. The predicted octanol–water partition coefficient (Wildman–Crippen LogP) is 3.84. The first-order chi connectivity index (χ1) is 9.10. The van der Waals surface area contributed by atoms with Crippen molar-refractivity contribution in [2.75, 3.05) is 7.11 Å². The minimum Gasteiger partial charge on any atom is -0.490 e. The fourth-order valence-electron chi connectivity index (χ4n) is 2.56. The Bertz CT molecular complexity index is 420. The molecule has 1 fully saturated rings. The van der Waals surface area contributed by atoms with Gasteiger partial charge in [0.15, 0.2) is 0 Å². The van der Waals surface area contributed by atoms with Gasteiger partial charge in [0.05, 0.1) is 12.2 Å². The summed E-state index contributed by atoms with van der Waals surface area (Å²) >= 11 is 3.45. The zero-order valence-corrected chi connectivity index (χ0v) is 13.0. The van der Waals surface area contributed by atoms with Crippen LogP contribution >= 0.6 is 15.9 Å². The van der Waals surface area contributed by atoms with Crippen molar-refractivity contribution in [1.29, 1.82) is 0 Å². The molecule has 1 saturated carbocycles. The number of halogens is 1. The van der Waals surface area contributed by atoms with E-state index in [1.807, 2.05) is 18.2 Å². The van der Waals surface area contributed by atoms with Crippen LogP contribution in [0.2, 0.25) is 0 Å². The van der Waals surface area contributed by atoms with Gasteiger partial charge in [0.25, 0.3) is 0 Å². The van der Waals surface area contributed by atoms with Gasteiger partial charge in [-0.2, -0.15) is 0 Å². The van der Waals surface area contributed by atoms with Crippen molar-refractivity contribution in [3.05, 3.63) is 28.2 Å². The summed E-state index contributed by atoms with van der Waals surface area (Å²) in [4.78, 5) is 0. The highest BCUT2D eigenvalue weighted by Crippen LogP contribution is 2.32. The number of aliphatic hydroxyl groups excluding tert-OH is 1. The molecule has 4 heteroatoms. The molecule has 3 atom stereocenters. The lowest BCUT2D eigenvalue weighted by Crippen LogP contribution is -2.29. The molecule has 106 valence electrons. The first kappa shape index (κ1) is 14.8. The second kappa shape index (κ2) is 6.73. The second-order valence-electron chi connectivity index (χ2n) is 5.12. The van der Waals surface area contributed by atoms with E-state index in [2.05, 4.69) is 15.9 Å². The van der Waals surface area contributed by atoms with Gasteiger partial charge in [-0.1, -0.05) is 22.0 Å². The Balaban J connectivity index is 2.11. The predicted molar refractivity (Wildman–Crippen MR) is 78.5 cm³/mol. The molecule has 0 spiro atoms. The smallest absolute Gasteiger partial charge is 0.126 e. The Hall–Kier alpha value is -0.580. The Morgan fingerprint density at radius 3 is 2.74 bits per heavy atom. The highest BCUT2D eigenvalue weighted by Gasteiger charge is 2.24. The molecule has 1 aliphatic rings. The summed E-state index contributed by atoms with van der Waals surface area (Å²) in [6.07, 6.45) is 4.14. The van der Waals surface area contributed by atoms with E-state index >= 15 is 0 Å². The van der Waals surface area contributed by atoms with Crippen molar-refractivity contribution in [3.8, 4) is 5.75 Å². The lowest BCUT2D eigenvalue weighted by Gasteiger charge is -2.29. The topological polar surface area (TPSA) is 38.7 Å². The zero-order valence-electron chi connectivity index (χ0n) is 11.4. The molecule has 19 heavy (non-hydrogen) atoms. The van der Waals surface area contributed by atoms with Gasteiger partial charge in [0.2, 0.25) is 0 Å². The van der Waals surface area contributed by atoms with Crippen molar-refractivity contribution in [2.24, 2.45) is 0 Å². The quantitative estimate of drug-likeness (QED) is 0.912. The van der Waals surface area contributed by atoms with Crippen LogP contribution in [0.25, 0.3) is 0 Å². The normalized spacial score (nSPS) is 25.1. The maximum atomic E-state index is 9.80. The van der Waals surface area contributed by atoms with E-state index in [9.17, 15) is 5.11 Å². The molecule has 3 nitrogen and oxygen atoms in total. The third-order valence-corrected chi connectivity index (χ3v) is 4.12. The Morgan fingerprint density at radius 1 is 1.32 bits per heavy atom. The molecular formula is C15H21BrO3. The first-order valence-electron chi connectivity index (χ1n) is 6.77. The average molecular weight is 329 g/mol. The Labute approximate surface area is 123 Å². The monoisotopic (exact) mass is 328 g/mol. The fourth-order valence-corrected chi connectivity index (χ4v) is 2.90. The van der Waals surface area contributed by atoms with Crippen molar-refractivity contribution in [1.82, 2.24) is 0 Å². The molecule has 2 rings (SSSR count). The van der Waals surface area contributed by atoms with E-state index in [-0.39, 0.29) is 6.10 Å². The zero-order chi connectivity index (χ0) is 13.8. The van der Waals surface area contributed by atoms with Crippen LogP contribution in [0.5, 0.6) is 5.75 Å². The van der Waals surface area contributed by atoms with Gasteiger partial charge in [-0.05, 0) is 38.3 Å². The number of aliphatic hydroxyl groups is 1. The number of ether oxygens (including phenoxy) is 2. The second-order valence-corrected chi connectivity index (χ2v) is 6.04. The SMILES string of the molecule is COC1CCCC(Oc2cc(Br)ccc2[C@@H](C)O)C1. The maximum absolute atomic E-state index is 9.80. The Kier molecular flexibility index (Phi) is 5.25. The summed E-state index contributed by atoms with van der Waals surface area (Å²) in [5, 5.41) is 9.80. The van der Waals surface area contributed by atoms with Gasteiger partial charge in [-0.15, -0.1) is 0 Å². The number of rotatable bonds is 4. The standard InChI is InChI=1S/C15H21BrO3/c1-10(17)14-7-6-11(16)8-15(14)19-13-5-3-4-12(9-13)18-2/h6-8,10,12-13,17H,3-5,9H2,1-2H3/t10-,12?,13?/m1/s1. The van der Waals surface area contributed by atoms with Crippen LogP contribution in [0.15, 0.2) is 22.7 Å². The molecular weight excluding hydrogens is 308 g/mol. The van der Waals surface area contributed by atoms with Crippen LogP contribution in [0, 0.1) is 0 Å². The first-order valence-corrected chi connectivity index (χ1v) is 7.56. The molecule has 1 N–H and O–H groups in total. The number of hydrogen-bond donors (Lipinski definition) is 1.